The third kappa shape index (κ3) is 3.27. The molecule has 0 unspecified atom stereocenters. The van der Waals surface area contributed by atoms with Gasteiger partial charge < -0.3 is 9.73 Å². The van der Waals surface area contributed by atoms with Gasteiger partial charge in [-0.15, -0.1) is 0 Å². The van der Waals surface area contributed by atoms with Crippen molar-refractivity contribution >= 4 is 32.7 Å². The van der Waals surface area contributed by atoms with Crippen molar-refractivity contribution in [2.45, 2.75) is 26.3 Å². The largest absolute Gasteiger partial charge is 0.440 e. The quantitative estimate of drug-likeness (QED) is 0.695. The first-order valence-electron chi connectivity index (χ1n) is 7.00. The van der Waals surface area contributed by atoms with Crippen molar-refractivity contribution in [2.24, 2.45) is 0 Å². The van der Waals surface area contributed by atoms with E-state index in [1.165, 1.54) is 5.56 Å². The zero-order chi connectivity index (χ0) is 14.8. The van der Waals surface area contributed by atoms with Crippen LogP contribution in [0, 0.1) is 0 Å². The van der Waals surface area contributed by atoms with E-state index < -0.39 is 0 Å². The number of hydrogen-bond donors (Lipinski definition) is 1. The van der Waals surface area contributed by atoms with Crippen LogP contribution >= 0.6 is 15.9 Å². The number of anilines is 1. The van der Waals surface area contributed by atoms with Crippen LogP contribution in [0.25, 0.3) is 11.1 Å². The first kappa shape index (κ1) is 14.1. The Morgan fingerprint density at radius 1 is 1.14 bits per heavy atom. The highest BCUT2D eigenvalue weighted by molar-refractivity contribution is 9.10. The van der Waals surface area contributed by atoms with E-state index in [1.807, 2.05) is 30.3 Å². The fraction of sp³-hybridized carbons (Fsp3) is 0.235. The molecule has 3 nitrogen and oxygen atoms in total. The molecular weight excluding hydrogens is 328 g/mol. The molecule has 1 N–H and O–H groups in total. The molecule has 0 saturated carbocycles. The highest BCUT2D eigenvalue weighted by Crippen LogP contribution is 2.24. The number of aromatic nitrogens is 1. The SMILES string of the molecule is CC(C)c1nc2cc(NCc3ccc(Br)cc3)ccc2o1. The van der Waals surface area contributed by atoms with Gasteiger partial charge in [0, 0.05) is 22.6 Å². The summed E-state index contributed by atoms with van der Waals surface area (Å²) in [5.74, 6) is 1.09. The smallest absolute Gasteiger partial charge is 0.198 e. The molecule has 2 aromatic carbocycles. The number of rotatable bonds is 4. The molecule has 0 spiro atoms. The Labute approximate surface area is 132 Å². The van der Waals surface area contributed by atoms with Gasteiger partial charge in [-0.25, -0.2) is 4.98 Å². The van der Waals surface area contributed by atoms with Crippen molar-refractivity contribution in [3.63, 3.8) is 0 Å². The summed E-state index contributed by atoms with van der Waals surface area (Å²) in [7, 11) is 0. The summed E-state index contributed by atoms with van der Waals surface area (Å²) in [6.45, 7) is 4.95. The van der Waals surface area contributed by atoms with Crippen molar-refractivity contribution in [3.05, 3.63) is 58.4 Å². The maximum atomic E-state index is 5.72. The van der Waals surface area contributed by atoms with Gasteiger partial charge in [0.2, 0.25) is 0 Å². The maximum absolute atomic E-state index is 5.72. The minimum atomic E-state index is 0.302. The van der Waals surface area contributed by atoms with E-state index in [-0.39, 0.29) is 0 Å². The molecule has 0 fully saturated rings. The summed E-state index contributed by atoms with van der Waals surface area (Å²) in [6.07, 6.45) is 0. The summed E-state index contributed by atoms with van der Waals surface area (Å²) in [5.41, 5.74) is 4.03. The molecule has 1 heterocycles. The minimum absolute atomic E-state index is 0.302. The topological polar surface area (TPSA) is 38.1 Å². The van der Waals surface area contributed by atoms with Gasteiger partial charge in [0.1, 0.15) is 5.52 Å². The lowest BCUT2D eigenvalue weighted by molar-refractivity contribution is 0.501. The van der Waals surface area contributed by atoms with Crippen LogP contribution in [0.4, 0.5) is 5.69 Å². The molecule has 3 rings (SSSR count). The molecule has 21 heavy (non-hydrogen) atoms. The van der Waals surface area contributed by atoms with Crippen LogP contribution in [0.15, 0.2) is 51.4 Å². The molecule has 0 radical (unpaired) electrons. The fourth-order valence-corrected chi connectivity index (χ4v) is 2.37. The first-order valence-corrected chi connectivity index (χ1v) is 7.80. The maximum Gasteiger partial charge on any atom is 0.198 e. The summed E-state index contributed by atoms with van der Waals surface area (Å²) in [5, 5.41) is 3.41. The number of halogens is 1. The number of nitrogens with one attached hydrogen (secondary N) is 1. The Morgan fingerprint density at radius 3 is 2.62 bits per heavy atom. The molecule has 0 atom stereocenters. The van der Waals surface area contributed by atoms with Crippen molar-refractivity contribution < 1.29 is 4.42 Å². The summed E-state index contributed by atoms with van der Waals surface area (Å²) < 4.78 is 6.81. The molecule has 0 aliphatic heterocycles. The molecule has 0 aliphatic carbocycles. The highest BCUT2D eigenvalue weighted by atomic mass is 79.9. The Morgan fingerprint density at radius 2 is 1.90 bits per heavy atom. The van der Waals surface area contributed by atoms with Crippen LogP contribution in [0.2, 0.25) is 0 Å². The van der Waals surface area contributed by atoms with Gasteiger partial charge in [0.05, 0.1) is 0 Å². The third-order valence-corrected chi connectivity index (χ3v) is 3.84. The first-order chi connectivity index (χ1) is 10.1. The van der Waals surface area contributed by atoms with Gasteiger partial charge in [-0.05, 0) is 35.9 Å². The predicted molar refractivity (Wildman–Crippen MR) is 89.6 cm³/mol. The standard InChI is InChI=1S/C17H17BrN2O/c1-11(2)17-20-15-9-14(7-8-16(15)21-17)19-10-12-3-5-13(18)6-4-12/h3-9,11,19H,10H2,1-2H3. The molecule has 0 amide bonds. The molecule has 1 aromatic heterocycles. The number of nitrogens with zero attached hydrogens (tertiary/aromatic N) is 1. The second-order valence-corrected chi connectivity index (χ2v) is 6.29. The number of hydrogen-bond acceptors (Lipinski definition) is 3. The normalized spacial score (nSPS) is 11.2. The summed E-state index contributed by atoms with van der Waals surface area (Å²) in [6, 6.07) is 14.3. The average molecular weight is 345 g/mol. The van der Waals surface area contributed by atoms with E-state index in [2.05, 4.69) is 52.2 Å². The van der Waals surface area contributed by atoms with Crippen molar-refractivity contribution in [1.82, 2.24) is 4.98 Å². The minimum Gasteiger partial charge on any atom is -0.440 e. The van der Waals surface area contributed by atoms with E-state index in [9.17, 15) is 0 Å². The average Bonchev–Trinajstić information content (AvgIpc) is 2.90. The van der Waals surface area contributed by atoms with Crippen LogP contribution in [0.5, 0.6) is 0 Å². The second-order valence-electron chi connectivity index (χ2n) is 5.37. The highest BCUT2D eigenvalue weighted by Gasteiger charge is 2.09. The van der Waals surface area contributed by atoms with Crippen LogP contribution in [-0.2, 0) is 6.54 Å². The molecule has 3 aromatic rings. The van der Waals surface area contributed by atoms with E-state index in [0.717, 1.165) is 33.7 Å². The Bertz CT molecular complexity index is 747. The van der Waals surface area contributed by atoms with Gasteiger partial charge >= 0.3 is 0 Å². The fourth-order valence-electron chi connectivity index (χ4n) is 2.11. The van der Waals surface area contributed by atoms with Crippen molar-refractivity contribution in [2.75, 3.05) is 5.32 Å². The third-order valence-electron chi connectivity index (χ3n) is 3.31. The zero-order valence-corrected chi connectivity index (χ0v) is 13.6. The number of fused-ring (bicyclic) bond motifs is 1. The number of benzene rings is 2. The lowest BCUT2D eigenvalue weighted by Crippen LogP contribution is -1.98. The second kappa shape index (κ2) is 5.90. The summed E-state index contributed by atoms with van der Waals surface area (Å²) in [4.78, 5) is 4.53. The Hall–Kier alpha value is -1.81. The van der Waals surface area contributed by atoms with Gasteiger partial charge in [0.25, 0.3) is 0 Å². The monoisotopic (exact) mass is 344 g/mol. The predicted octanol–water partition coefficient (Wildman–Crippen LogP) is 5.33. The zero-order valence-electron chi connectivity index (χ0n) is 12.1. The van der Waals surface area contributed by atoms with Crippen molar-refractivity contribution in [3.8, 4) is 0 Å². The van der Waals surface area contributed by atoms with Gasteiger partial charge in [-0.3, -0.25) is 0 Å². The lowest BCUT2D eigenvalue weighted by atomic mass is 10.2. The van der Waals surface area contributed by atoms with E-state index in [0.29, 0.717) is 5.92 Å². The van der Waals surface area contributed by atoms with E-state index in [1.54, 1.807) is 0 Å². The molecular formula is C17H17BrN2O. The van der Waals surface area contributed by atoms with Crippen LogP contribution in [0.3, 0.4) is 0 Å². The van der Waals surface area contributed by atoms with Crippen LogP contribution in [0.1, 0.15) is 31.2 Å². The Kier molecular flexibility index (Phi) is 3.97. The van der Waals surface area contributed by atoms with Crippen LogP contribution < -0.4 is 5.32 Å². The van der Waals surface area contributed by atoms with E-state index in [4.69, 9.17) is 4.42 Å². The summed E-state index contributed by atoms with van der Waals surface area (Å²) >= 11 is 3.44. The molecule has 0 bridgehead atoms. The van der Waals surface area contributed by atoms with Gasteiger partial charge in [-0.1, -0.05) is 41.9 Å². The van der Waals surface area contributed by atoms with Gasteiger partial charge in [-0.2, -0.15) is 0 Å². The lowest BCUT2D eigenvalue weighted by Gasteiger charge is -2.06. The molecule has 0 saturated heterocycles. The van der Waals surface area contributed by atoms with Crippen LogP contribution in [-0.4, -0.2) is 4.98 Å². The van der Waals surface area contributed by atoms with Gasteiger partial charge in [0.15, 0.2) is 11.5 Å². The molecule has 4 heteroatoms. The number of oxazole rings is 1. The van der Waals surface area contributed by atoms with Crippen molar-refractivity contribution in [1.29, 1.82) is 0 Å². The van der Waals surface area contributed by atoms with E-state index >= 15 is 0 Å². The molecule has 0 aliphatic rings. The molecule has 108 valence electrons. The Balaban J connectivity index is 1.76.